The lowest BCUT2D eigenvalue weighted by molar-refractivity contribution is -0.385. The summed E-state index contributed by atoms with van der Waals surface area (Å²) in [6, 6.07) is 10.3. The molecule has 0 N–H and O–H groups in total. The van der Waals surface area contributed by atoms with E-state index in [0.29, 0.717) is 17.6 Å². The number of aldehydes is 1. The quantitative estimate of drug-likeness (QED) is 0.479. The Labute approximate surface area is 113 Å². The average molecular weight is 269 g/mol. The minimum absolute atomic E-state index is 0.0611. The van der Waals surface area contributed by atoms with Crippen LogP contribution in [-0.4, -0.2) is 16.2 Å². The molecule has 7 nitrogen and oxygen atoms in total. The third-order valence-corrected chi connectivity index (χ3v) is 2.39. The van der Waals surface area contributed by atoms with Gasteiger partial charge in [0.1, 0.15) is 18.1 Å². The molecular formula is C13H7N3O4. The maximum atomic E-state index is 10.7. The number of carbonyl (C=O) groups excluding carboxylic acids is 1. The van der Waals surface area contributed by atoms with E-state index in [4.69, 9.17) is 10.00 Å². The van der Waals surface area contributed by atoms with Crippen molar-refractivity contribution in [2.75, 3.05) is 0 Å². The topological polar surface area (TPSA) is 106 Å². The number of hydrogen-bond donors (Lipinski definition) is 0. The first-order valence-corrected chi connectivity index (χ1v) is 5.42. The Kier molecular flexibility index (Phi) is 3.67. The smallest absolute Gasteiger partial charge is 0.305 e. The molecule has 1 aromatic heterocycles. The molecule has 7 heteroatoms. The number of nitro groups is 1. The maximum Gasteiger partial charge on any atom is 0.305 e. The van der Waals surface area contributed by atoms with E-state index in [1.807, 2.05) is 0 Å². The van der Waals surface area contributed by atoms with Gasteiger partial charge in [-0.15, -0.1) is 0 Å². The summed E-state index contributed by atoms with van der Waals surface area (Å²) in [7, 11) is 0. The second-order valence-electron chi connectivity index (χ2n) is 3.68. The van der Waals surface area contributed by atoms with Crippen molar-refractivity contribution in [2.45, 2.75) is 0 Å². The zero-order chi connectivity index (χ0) is 14.5. The van der Waals surface area contributed by atoms with Crippen molar-refractivity contribution < 1.29 is 14.5 Å². The van der Waals surface area contributed by atoms with Crippen molar-refractivity contribution in [1.29, 1.82) is 5.26 Å². The van der Waals surface area contributed by atoms with Crippen LogP contribution in [0.15, 0.2) is 36.4 Å². The van der Waals surface area contributed by atoms with Crippen LogP contribution in [-0.2, 0) is 0 Å². The predicted molar refractivity (Wildman–Crippen MR) is 67.5 cm³/mol. The van der Waals surface area contributed by atoms with Gasteiger partial charge in [0.15, 0.2) is 0 Å². The molecule has 20 heavy (non-hydrogen) atoms. The predicted octanol–water partition coefficient (Wildman–Crippen LogP) is 2.47. The summed E-state index contributed by atoms with van der Waals surface area (Å²) in [5.74, 6) is 0.465. The van der Waals surface area contributed by atoms with Crippen LogP contribution in [0.4, 0.5) is 5.69 Å². The van der Waals surface area contributed by atoms with Gasteiger partial charge in [0.2, 0.25) is 11.6 Å². The first-order chi connectivity index (χ1) is 9.63. The van der Waals surface area contributed by atoms with Gasteiger partial charge in [-0.25, -0.2) is 0 Å². The van der Waals surface area contributed by atoms with E-state index in [0.717, 1.165) is 6.07 Å². The molecule has 0 aliphatic heterocycles. The summed E-state index contributed by atoms with van der Waals surface area (Å²) >= 11 is 0. The second-order valence-corrected chi connectivity index (χ2v) is 3.68. The van der Waals surface area contributed by atoms with Gasteiger partial charge in [0.25, 0.3) is 0 Å². The lowest BCUT2D eigenvalue weighted by Gasteiger charge is -2.04. The number of pyridine rings is 1. The first kappa shape index (κ1) is 13.2. The van der Waals surface area contributed by atoms with Gasteiger partial charge in [-0.1, -0.05) is 0 Å². The number of nitrogens with zero attached hydrogens (tertiary/aromatic N) is 3. The van der Waals surface area contributed by atoms with Crippen molar-refractivity contribution in [1.82, 2.24) is 4.98 Å². The Bertz CT molecular complexity index is 705. The third-order valence-electron chi connectivity index (χ3n) is 2.39. The largest absolute Gasteiger partial charge is 0.439 e. The van der Waals surface area contributed by atoms with Gasteiger partial charge in [-0.3, -0.25) is 14.9 Å². The molecule has 2 aromatic rings. The molecular weight excluding hydrogens is 262 g/mol. The summed E-state index contributed by atoms with van der Waals surface area (Å²) in [5.41, 5.74) is -0.208. The van der Waals surface area contributed by atoms with E-state index in [1.54, 1.807) is 30.3 Å². The van der Waals surface area contributed by atoms with Gasteiger partial charge < -0.3 is 4.74 Å². The highest BCUT2D eigenvalue weighted by Gasteiger charge is 2.16. The Hall–Kier alpha value is -3.27. The van der Waals surface area contributed by atoms with E-state index in [9.17, 15) is 14.9 Å². The van der Waals surface area contributed by atoms with Gasteiger partial charge in [0.05, 0.1) is 4.92 Å². The fraction of sp³-hybridized carbons (Fsp3) is 0. The SMILES string of the molecule is N#Cc1nc(Oc2ccc(C=O)cc2)ccc1[N+](=O)[O-]. The zero-order valence-electron chi connectivity index (χ0n) is 10.0. The van der Waals surface area contributed by atoms with Crippen LogP contribution in [0.1, 0.15) is 16.1 Å². The minimum atomic E-state index is -0.686. The van der Waals surface area contributed by atoms with Crippen molar-refractivity contribution in [2.24, 2.45) is 0 Å². The van der Waals surface area contributed by atoms with Gasteiger partial charge >= 0.3 is 5.69 Å². The highest BCUT2D eigenvalue weighted by Crippen LogP contribution is 2.24. The van der Waals surface area contributed by atoms with Gasteiger partial charge in [-0.05, 0) is 24.3 Å². The monoisotopic (exact) mass is 269 g/mol. The molecule has 2 rings (SSSR count). The van der Waals surface area contributed by atoms with E-state index >= 15 is 0 Å². The molecule has 0 radical (unpaired) electrons. The van der Waals surface area contributed by atoms with Crippen LogP contribution in [0.25, 0.3) is 0 Å². The average Bonchev–Trinajstić information content (AvgIpc) is 2.47. The molecule has 0 saturated carbocycles. The molecule has 1 heterocycles. The van der Waals surface area contributed by atoms with Crippen LogP contribution in [0.3, 0.4) is 0 Å². The molecule has 0 atom stereocenters. The van der Waals surface area contributed by atoms with Crippen LogP contribution in [0, 0.1) is 21.4 Å². The summed E-state index contributed by atoms with van der Waals surface area (Å²) in [6.45, 7) is 0. The summed E-state index contributed by atoms with van der Waals surface area (Å²) in [4.78, 5) is 24.2. The van der Waals surface area contributed by atoms with E-state index < -0.39 is 4.92 Å². The van der Waals surface area contributed by atoms with Crippen molar-refractivity contribution in [3.63, 3.8) is 0 Å². The molecule has 0 bridgehead atoms. The van der Waals surface area contributed by atoms with E-state index in [1.165, 1.54) is 6.07 Å². The number of aromatic nitrogens is 1. The van der Waals surface area contributed by atoms with Gasteiger partial charge in [0, 0.05) is 17.7 Å². The molecule has 0 unspecified atom stereocenters. The van der Waals surface area contributed by atoms with Crippen LogP contribution < -0.4 is 4.74 Å². The number of hydrogen-bond acceptors (Lipinski definition) is 6. The zero-order valence-corrected chi connectivity index (χ0v) is 10.0. The van der Waals surface area contributed by atoms with Crippen molar-refractivity contribution >= 4 is 12.0 Å². The number of rotatable bonds is 4. The Morgan fingerprint density at radius 1 is 1.25 bits per heavy atom. The number of ether oxygens (including phenoxy) is 1. The van der Waals surface area contributed by atoms with Crippen molar-refractivity contribution in [3.8, 4) is 17.7 Å². The second kappa shape index (κ2) is 5.58. The van der Waals surface area contributed by atoms with Crippen LogP contribution in [0.5, 0.6) is 11.6 Å². The minimum Gasteiger partial charge on any atom is -0.439 e. The Morgan fingerprint density at radius 3 is 2.50 bits per heavy atom. The first-order valence-electron chi connectivity index (χ1n) is 5.42. The molecule has 1 aromatic carbocycles. The highest BCUT2D eigenvalue weighted by molar-refractivity contribution is 5.74. The van der Waals surface area contributed by atoms with Gasteiger partial charge in [-0.2, -0.15) is 10.2 Å². The molecule has 0 aliphatic carbocycles. The van der Waals surface area contributed by atoms with E-state index in [-0.39, 0.29) is 17.3 Å². The molecule has 0 spiro atoms. The van der Waals surface area contributed by atoms with E-state index in [2.05, 4.69) is 4.98 Å². The van der Waals surface area contributed by atoms with Crippen molar-refractivity contribution in [3.05, 3.63) is 57.8 Å². The fourth-order valence-electron chi connectivity index (χ4n) is 1.46. The third kappa shape index (κ3) is 2.76. The standard InChI is InChI=1S/C13H7N3O4/c14-7-11-12(16(18)19)5-6-13(15-11)20-10-3-1-9(8-17)2-4-10/h1-6,8H. The fourth-order valence-corrected chi connectivity index (χ4v) is 1.46. The number of carbonyl (C=O) groups is 1. The molecule has 0 aliphatic rings. The lowest BCUT2D eigenvalue weighted by atomic mass is 10.2. The normalized spacial score (nSPS) is 9.55. The summed E-state index contributed by atoms with van der Waals surface area (Å²) in [5, 5.41) is 19.5. The molecule has 0 fully saturated rings. The molecule has 98 valence electrons. The molecule has 0 amide bonds. The summed E-state index contributed by atoms with van der Waals surface area (Å²) in [6.07, 6.45) is 0.696. The maximum absolute atomic E-state index is 10.7. The lowest BCUT2D eigenvalue weighted by Crippen LogP contribution is -1.97. The Morgan fingerprint density at radius 2 is 1.95 bits per heavy atom. The Balaban J connectivity index is 2.27. The van der Waals surface area contributed by atoms with Crippen LogP contribution in [0.2, 0.25) is 0 Å². The number of benzene rings is 1. The summed E-state index contributed by atoms with van der Waals surface area (Å²) < 4.78 is 5.35. The van der Waals surface area contributed by atoms with Crippen LogP contribution >= 0.6 is 0 Å². The number of nitriles is 1. The molecule has 0 saturated heterocycles. The highest BCUT2D eigenvalue weighted by atomic mass is 16.6.